The Bertz CT molecular complexity index is 486. The van der Waals surface area contributed by atoms with Crippen molar-refractivity contribution in [3.63, 3.8) is 0 Å². The number of hydrogen-bond acceptors (Lipinski definition) is 2. The van der Waals surface area contributed by atoms with Gasteiger partial charge in [-0.05, 0) is 5.92 Å². The molecule has 0 saturated heterocycles. The summed E-state index contributed by atoms with van der Waals surface area (Å²) in [4.78, 5) is 26.7. The highest BCUT2D eigenvalue weighted by molar-refractivity contribution is 5.45. The van der Waals surface area contributed by atoms with Gasteiger partial charge >= 0.3 is 11.1 Å². The van der Waals surface area contributed by atoms with E-state index in [1.807, 2.05) is 19.1 Å². The van der Waals surface area contributed by atoms with E-state index in [4.69, 9.17) is 0 Å². The molecular formula is C8H8N2O2. The highest BCUT2D eigenvalue weighted by Crippen LogP contribution is 1.98. The molecule has 4 nitrogen and oxygen atoms in total. The minimum atomic E-state index is -0.590. The van der Waals surface area contributed by atoms with Crippen LogP contribution < -0.4 is 21.8 Å². The van der Waals surface area contributed by atoms with Crippen molar-refractivity contribution < 1.29 is 0 Å². The van der Waals surface area contributed by atoms with Crippen LogP contribution in [0.5, 0.6) is 0 Å². The molecule has 0 amide bonds. The normalized spacial score (nSPS) is 15.1. The Balaban J connectivity index is 2.99. The first-order chi connectivity index (χ1) is 5.66. The third-order valence-electron chi connectivity index (χ3n) is 1.85. The maximum atomic E-state index is 10.9. The molecule has 1 aromatic heterocycles. The summed E-state index contributed by atoms with van der Waals surface area (Å²) < 4.78 is 0. The molecule has 1 aliphatic rings. The van der Waals surface area contributed by atoms with Crippen molar-refractivity contribution in [2.45, 2.75) is 6.92 Å². The Kier molecular flexibility index (Phi) is 1.30. The van der Waals surface area contributed by atoms with Gasteiger partial charge in [0.2, 0.25) is 0 Å². The number of rotatable bonds is 0. The van der Waals surface area contributed by atoms with Crippen LogP contribution in [0.25, 0.3) is 12.2 Å². The fourth-order valence-corrected chi connectivity index (χ4v) is 1.33. The van der Waals surface area contributed by atoms with E-state index < -0.39 is 11.1 Å². The van der Waals surface area contributed by atoms with Crippen LogP contribution in [-0.2, 0) is 0 Å². The molecule has 1 aliphatic carbocycles. The maximum Gasteiger partial charge on any atom is 0.314 e. The summed E-state index contributed by atoms with van der Waals surface area (Å²) in [5.41, 5.74) is -1.18. The van der Waals surface area contributed by atoms with Crippen LogP contribution in [0.2, 0.25) is 0 Å². The van der Waals surface area contributed by atoms with Gasteiger partial charge in [-0.1, -0.05) is 19.1 Å². The van der Waals surface area contributed by atoms with Crippen molar-refractivity contribution in [1.29, 1.82) is 0 Å². The molecule has 0 bridgehead atoms. The molecule has 1 aromatic rings. The van der Waals surface area contributed by atoms with Gasteiger partial charge in [0, 0.05) is 0 Å². The molecule has 0 spiro atoms. The lowest BCUT2D eigenvalue weighted by atomic mass is 10.2. The van der Waals surface area contributed by atoms with Gasteiger partial charge < -0.3 is 9.97 Å². The van der Waals surface area contributed by atoms with Crippen molar-refractivity contribution in [3.8, 4) is 0 Å². The van der Waals surface area contributed by atoms with Crippen LogP contribution in [0.4, 0.5) is 0 Å². The van der Waals surface area contributed by atoms with Gasteiger partial charge in [0.15, 0.2) is 0 Å². The Morgan fingerprint density at radius 3 is 1.92 bits per heavy atom. The average molecular weight is 164 g/mol. The number of aromatic nitrogens is 2. The second-order valence-electron chi connectivity index (χ2n) is 2.93. The molecule has 1 heterocycles. The largest absolute Gasteiger partial charge is 0.316 e. The zero-order valence-electron chi connectivity index (χ0n) is 6.55. The topological polar surface area (TPSA) is 65.7 Å². The van der Waals surface area contributed by atoms with Gasteiger partial charge in [-0.25, -0.2) is 0 Å². The lowest BCUT2D eigenvalue weighted by Crippen LogP contribution is -2.45. The molecule has 0 aromatic carbocycles. The molecule has 0 fully saturated rings. The van der Waals surface area contributed by atoms with Gasteiger partial charge in [0.25, 0.3) is 0 Å². The third-order valence-corrected chi connectivity index (χ3v) is 1.85. The van der Waals surface area contributed by atoms with Crippen molar-refractivity contribution in [1.82, 2.24) is 9.97 Å². The van der Waals surface area contributed by atoms with Crippen LogP contribution in [0.15, 0.2) is 9.59 Å². The molecule has 2 N–H and O–H groups in total. The number of fused-ring (bicyclic) bond motifs is 1. The van der Waals surface area contributed by atoms with Gasteiger partial charge in [-0.3, -0.25) is 9.59 Å². The molecule has 0 atom stereocenters. The predicted octanol–water partition coefficient (Wildman–Crippen LogP) is -1.73. The zero-order chi connectivity index (χ0) is 8.72. The second-order valence-corrected chi connectivity index (χ2v) is 2.93. The van der Waals surface area contributed by atoms with E-state index in [9.17, 15) is 9.59 Å². The van der Waals surface area contributed by atoms with Gasteiger partial charge in [-0.2, -0.15) is 0 Å². The van der Waals surface area contributed by atoms with Crippen LogP contribution in [0, 0.1) is 5.92 Å². The summed E-state index contributed by atoms with van der Waals surface area (Å²) in [5.74, 6) is 0.272. The molecule has 12 heavy (non-hydrogen) atoms. The molecule has 0 radical (unpaired) electrons. The highest BCUT2D eigenvalue weighted by atomic mass is 16.2. The molecular weight excluding hydrogens is 156 g/mol. The van der Waals surface area contributed by atoms with Crippen molar-refractivity contribution in [3.05, 3.63) is 31.4 Å². The van der Waals surface area contributed by atoms with E-state index in [1.54, 1.807) is 0 Å². The Hall–Kier alpha value is -1.58. The third kappa shape index (κ3) is 0.922. The van der Waals surface area contributed by atoms with Crippen LogP contribution in [0.1, 0.15) is 6.92 Å². The molecule has 2 rings (SSSR count). The van der Waals surface area contributed by atoms with E-state index in [2.05, 4.69) is 9.97 Å². The summed E-state index contributed by atoms with van der Waals surface area (Å²) >= 11 is 0. The zero-order valence-corrected chi connectivity index (χ0v) is 6.55. The van der Waals surface area contributed by atoms with Crippen LogP contribution >= 0.6 is 0 Å². The molecule has 0 saturated carbocycles. The van der Waals surface area contributed by atoms with Crippen LogP contribution in [0.3, 0.4) is 0 Å². The van der Waals surface area contributed by atoms with Crippen molar-refractivity contribution in [2.24, 2.45) is 5.92 Å². The second kappa shape index (κ2) is 2.20. The van der Waals surface area contributed by atoms with E-state index in [-0.39, 0.29) is 5.92 Å². The van der Waals surface area contributed by atoms with E-state index in [1.165, 1.54) is 0 Å². The fourth-order valence-electron chi connectivity index (χ4n) is 1.33. The summed E-state index contributed by atoms with van der Waals surface area (Å²) in [7, 11) is 0. The smallest absolute Gasteiger partial charge is 0.314 e. The van der Waals surface area contributed by atoms with Gasteiger partial charge in [-0.15, -0.1) is 0 Å². The quantitative estimate of drug-likeness (QED) is 0.448. The molecule has 62 valence electrons. The van der Waals surface area contributed by atoms with Crippen molar-refractivity contribution in [2.75, 3.05) is 0 Å². The van der Waals surface area contributed by atoms with Gasteiger partial charge in [0.05, 0.1) is 10.7 Å². The summed E-state index contributed by atoms with van der Waals surface area (Å²) in [6.45, 7) is 1.98. The molecule has 0 aliphatic heterocycles. The number of H-pyrrole nitrogens is 2. The first-order valence-corrected chi connectivity index (χ1v) is 3.73. The van der Waals surface area contributed by atoms with E-state index in [0.29, 0.717) is 10.7 Å². The summed E-state index contributed by atoms with van der Waals surface area (Å²) in [5, 5.41) is 1.43. The number of hydrogen-bond donors (Lipinski definition) is 2. The standard InChI is InChI=1S/C8H8N2O2/c1-4-2-5-6(3-4)10-8(12)7(11)9-5/h2-4H,1H3,(H,9,11)(H,10,12). The SMILES string of the molecule is CC1C=c2[nH]c(=O)c(=O)[nH]c2=C1. The Labute approximate surface area is 67.3 Å². The summed E-state index contributed by atoms with van der Waals surface area (Å²) in [6, 6.07) is 0. The van der Waals surface area contributed by atoms with Gasteiger partial charge in [0.1, 0.15) is 0 Å². The first-order valence-electron chi connectivity index (χ1n) is 3.73. The van der Waals surface area contributed by atoms with E-state index >= 15 is 0 Å². The fraction of sp³-hybridized carbons (Fsp3) is 0.250. The Morgan fingerprint density at radius 1 is 1.08 bits per heavy atom. The number of nitrogens with one attached hydrogen (secondary N) is 2. The Morgan fingerprint density at radius 2 is 1.50 bits per heavy atom. The maximum absolute atomic E-state index is 10.9. The van der Waals surface area contributed by atoms with E-state index in [0.717, 1.165) is 0 Å². The average Bonchev–Trinajstić information content (AvgIpc) is 2.30. The summed E-state index contributed by atoms with van der Waals surface area (Å²) in [6.07, 6.45) is 3.79. The monoisotopic (exact) mass is 164 g/mol. The predicted molar refractivity (Wildman–Crippen MR) is 45.0 cm³/mol. The number of aromatic amines is 2. The molecule has 4 heteroatoms. The van der Waals surface area contributed by atoms with Crippen molar-refractivity contribution >= 4 is 12.2 Å². The first kappa shape index (κ1) is 7.09. The minimum Gasteiger partial charge on any atom is -0.316 e. The lowest BCUT2D eigenvalue weighted by molar-refractivity contribution is 1.01. The lowest BCUT2D eigenvalue weighted by Gasteiger charge is -1.84. The highest BCUT2D eigenvalue weighted by Gasteiger charge is 2.03. The molecule has 0 unspecified atom stereocenters. The van der Waals surface area contributed by atoms with Crippen LogP contribution in [-0.4, -0.2) is 9.97 Å². The minimum absolute atomic E-state index is 0.272.